The molecule has 1 aromatic heterocycles. The molecule has 2 aromatic carbocycles. The van der Waals surface area contributed by atoms with Crippen molar-refractivity contribution in [1.29, 1.82) is 0 Å². The van der Waals surface area contributed by atoms with E-state index in [1.165, 1.54) is 13.2 Å². The van der Waals surface area contributed by atoms with Gasteiger partial charge in [0.05, 0.1) is 40.3 Å². The number of aryl methyl sites for hydroxylation is 1. The number of benzene rings is 2. The number of anilines is 1. The molecule has 164 valence electrons. The van der Waals surface area contributed by atoms with Crippen molar-refractivity contribution in [3.05, 3.63) is 53.7 Å². The van der Waals surface area contributed by atoms with E-state index in [4.69, 9.17) is 9.47 Å². The second kappa shape index (κ2) is 9.97. The number of rotatable bonds is 8. The summed E-state index contributed by atoms with van der Waals surface area (Å²) in [5, 5.41) is 3.08. The SMILES string of the molecule is COCCOc1ccc(C(F)(F)F)cc1NC(=O)CSc1nc2ccccc2nc1C. The zero-order valence-electron chi connectivity index (χ0n) is 16.8. The number of nitrogens with zero attached hydrogens (tertiary/aromatic N) is 2. The number of fused-ring (bicyclic) bond motifs is 1. The highest BCUT2D eigenvalue weighted by Crippen LogP contribution is 2.35. The monoisotopic (exact) mass is 451 g/mol. The number of alkyl halides is 3. The van der Waals surface area contributed by atoms with Crippen LogP contribution in [0.4, 0.5) is 18.9 Å². The topological polar surface area (TPSA) is 73.3 Å². The number of ether oxygens (including phenoxy) is 2. The fourth-order valence-corrected chi connectivity index (χ4v) is 3.45. The summed E-state index contributed by atoms with van der Waals surface area (Å²) in [5.74, 6) is -0.415. The summed E-state index contributed by atoms with van der Waals surface area (Å²) in [4.78, 5) is 21.4. The highest BCUT2D eigenvalue weighted by Gasteiger charge is 2.31. The molecule has 0 fully saturated rings. The summed E-state index contributed by atoms with van der Waals surface area (Å²) < 4.78 is 49.6. The predicted octanol–water partition coefficient (Wildman–Crippen LogP) is 4.71. The number of hydrogen-bond donors (Lipinski definition) is 1. The Morgan fingerprint density at radius 3 is 2.48 bits per heavy atom. The van der Waals surface area contributed by atoms with Crippen molar-refractivity contribution in [2.45, 2.75) is 18.1 Å². The van der Waals surface area contributed by atoms with Gasteiger partial charge in [0.25, 0.3) is 0 Å². The molecule has 0 spiro atoms. The summed E-state index contributed by atoms with van der Waals surface area (Å²) in [6.45, 7) is 2.17. The molecule has 6 nitrogen and oxygen atoms in total. The molecule has 10 heteroatoms. The molecule has 3 aromatic rings. The first kappa shape index (κ1) is 22.8. The van der Waals surface area contributed by atoms with Crippen LogP contribution in [0.5, 0.6) is 5.75 Å². The van der Waals surface area contributed by atoms with Gasteiger partial charge < -0.3 is 14.8 Å². The van der Waals surface area contributed by atoms with Gasteiger partial charge in [0.2, 0.25) is 5.91 Å². The van der Waals surface area contributed by atoms with Crippen molar-refractivity contribution < 1.29 is 27.4 Å². The van der Waals surface area contributed by atoms with Crippen LogP contribution >= 0.6 is 11.8 Å². The first-order valence-electron chi connectivity index (χ1n) is 9.27. The Balaban J connectivity index is 1.73. The molecule has 0 aliphatic rings. The standard InChI is InChI=1S/C21H20F3N3O3S/c1-13-20(27-16-6-4-3-5-15(16)25-13)31-12-19(28)26-17-11-14(21(22,23)24)7-8-18(17)30-10-9-29-2/h3-8,11H,9-10,12H2,1-2H3,(H,26,28). The van der Waals surface area contributed by atoms with E-state index in [1.54, 1.807) is 6.92 Å². The minimum absolute atomic E-state index is 0.0540. The van der Waals surface area contributed by atoms with Crippen molar-refractivity contribution in [2.24, 2.45) is 0 Å². The van der Waals surface area contributed by atoms with Crippen LogP contribution in [0.25, 0.3) is 11.0 Å². The molecule has 0 saturated heterocycles. The van der Waals surface area contributed by atoms with Crippen LogP contribution in [-0.2, 0) is 15.7 Å². The maximum absolute atomic E-state index is 13.1. The fraction of sp³-hybridized carbons (Fsp3) is 0.286. The molecule has 0 atom stereocenters. The van der Waals surface area contributed by atoms with Crippen LogP contribution in [0, 0.1) is 6.92 Å². The Morgan fingerprint density at radius 2 is 1.81 bits per heavy atom. The number of carbonyl (C=O) groups is 1. The van der Waals surface area contributed by atoms with Gasteiger partial charge in [-0.3, -0.25) is 4.79 Å². The number of amides is 1. The van der Waals surface area contributed by atoms with Gasteiger partial charge in [-0.25, -0.2) is 9.97 Å². The number of aromatic nitrogens is 2. The lowest BCUT2D eigenvalue weighted by molar-refractivity contribution is -0.137. The first-order valence-corrected chi connectivity index (χ1v) is 10.3. The van der Waals surface area contributed by atoms with Crippen molar-refractivity contribution in [1.82, 2.24) is 9.97 Å². The lowest BCUT2D eigenvalue weighted by atomic mass is 10.1. The van der Waals surface area contributed by atoms with Gasteiger partial charge in [0.1, 0.15) is 17.4 Å². The maximum atomic E-state index is 13.1. The number of thioether (sulfide) groups is 1. The third-order valence-electron chi connectivity index (χ3n) is 4.17. The summed E-state index contributed by atoms with van der Waals surface area (Å²) in [6, 6.07) is 10.3. The normalized spacial score (nSPS) is 11.5. The molecule has 0 aliphatic heterocycles. The molecule has 0 radical (unpaired) electrons. The van der Waals surface area contributed by atoms with Crippen molar-refractivity contribution >= 4 is 34.4 Å². The van der Waals surface area contributed by atoms with Gasteiger partial charge in [0.15, 0.2) is 0 Å². The lowest BCUT2D eigenvalue weighted by Gasteiger charge is -2.15. The van der Waals surface area contributed by atoms with E-state index in [2.05, 4.69) is 15.3 Å². The predicted molar refractivity (Wildman–Crippen MR) is 112 cm³/mol. The molecule has 0 unspecified atom stereocenters. The summed E-state index contributed by atoms with van der Waals surface area (Å²) >= 11 is 1.16. The van der Waals surface area contributed by atoms with Crippen LogP contribution in [0.15, 0.2) is 47.5 Å². The lowest BCUT2D eigenvalue weighted by Crippen LogP contribution is -2.17. The Bertz CT molecular complexity index is 1080. The number of methoxy groups -OCH3 is 1. The molecule has 0 aliphatic carbocycles. The quantitative estimate of drug-likeness (QED) is 0.395. The van der Waals surface area contributed by atoms with E-state index in [9.17, 15) is 18.0 Å². The molecule has 1 amide bonds. The van der Waals surface area contributed by atoms with Gasteiger partial charge in [0, 0.05) is 7.11 Å². The summed E-state index contributed by atoms with van der Waals surface area (Å²) in [5.41, 5.74) is 1.17. The molecule has 1 heterocycles. The highest BCUT2D eigenvalue weighted by molar-refractivity contribution is 8.00. The Hall–Kier alpha value is -2.85. The third kappa shape index (κ3) is 6.08. The molecule has 0 saturated carbocycles. The number of halogens is 3. The van der Waals surface area contributed by atoms with E-state index in [0.717, 1.165) is 29.4 Å². The average molecular weight is 451 g/mol. The Labute approximate surface area is 181 Å². The van der Waals surface area contributed by atoms with Gasteiger partial charge >= 0.3 is 6.18 Å². The average Bonchev–Trinajstić information content (AvgIpc) is 2.72. The number of hydrogen-bond acceptors (Lipinski definition) is 6. The molecule has 3 rings (SSSR count). The van der Waals surface area contributed by atoms with E-state index in [0.29, 0.717) is 16.2 Å². The highest BCUT2D eigenvalue weighted by atomic mass is 32.2. The summed E-state index contributed by atoms with van der Waals surface area (Å²) in [6.07, 6.45) is -4.54. The third-order valence-corrected chi connectivity index (χ3v) is 5.23. The van der Waals surface area contributed by atoms with Crippen molar-refractivity contribution in [3.8, 4) is 5.75 Å². The Morgan fingerprint density at radius 1 is 1.10 bits per heavy atom. The molecule has 1 N–H and O–H groups in total. The smallest absolute Gasteiger partial charge is 0.416 e. The second-order valence-corrected chi connectivity index (χ2v) is 7.45. The van der Waals surface area contributed by atoms with Crippen molar-refractivity contribution in [2.75, 3.05) is 31.4 Å². The van der Waals surface area contributed by atoms with E-state index >= 15 is 0 Å². The number of para-hydroxylation sites is 2. The van der Waals surface area contributed by atoms with E-state index in [-0.39, 0.29) is 30.4 Å². The zero-order chi connectivity index (χ0) is 22.4. The first-order chi connectivity index (χ1) is 14.8. The molecular weight excluding hydrogens is 431 g/mol. The van der Waals surface area contributed by atoms with Gasteiger partial charge in [-0.05, 0) is 37.3 Å². The maximum Gasteiger partial charge on any atom is 0.416 e. The largest absolute Gasteiger partial charge is 0.489 e. The van der Waals surface area contributed by atoms with E-state index < -0.39 is 17.6 Å². The molecule has 0 bridgehead atoms. The summed E-state index contributed by atoms with van der Waals surface area (Å²) in [7, 11) is 1.48. The van der Waals surface area contributed by atoms with Gasteiger partial charge in [-0.15, -0.1) is 0 Å². The van der Waals surface area contributed by atoms with E-state index in [1.807, 2.05) is 24.3 Å². The van der Waals surface area contributed by atoms with Crippen molar-refractivity contribution in [3.63, 3.8) is 0 Å². The zero-order valence-corrected chi connectivity index (χ0v) is 17.6. The minimum atomic E-state index is -4.54. The Kier molecular flexibility index (Phi) is 7.34. The number of carbonyl (C=O) groups excluding carboxylic acids is 1. The molecule has 31 heavy (non-hydrogen) atoms. The van der Waals surface area contributed by atoms with Crippen LogP contribution in [0.3, 0.4) is 0 Å². The minimum Gasteiger partial charge on any atom is -0.489 e. The van der Waals surface area contributed by atoms with Crippen LogP contribution in [0.2, 0.25) is 0 Å². The number of nitrogens with one attached hydrogen (secondary N) is 1. The fourth-order valence-electron chi connectivity index (χ4n) is 2.69. The van der Waals surface area contributed by atoms with Crippen LogP contribution in [0.1, 0.15) is 11.3 Å². The van der Waals surface area contributed by atoms with Gasteiger partial charge in [-0.2, -0.15) is 13.2 Å². The molecular formula is C21H20F3N3O3S. The van der Waals surface area contributed by atoms with Crippen LogP contribution in [-0.4, -0.2) is 42.0 Å². The van der Waals surface area contributed by atoms with Crippen LogP contribution < -0.4 is 10.1 Å². The second-order valence-electron chi connectivity index (χ2n) is 6.49. The van der Waals surface area contributed by atoms with Gasteiger partial charge in [-0.1, -0.05) is 23.9 Å².